The SMILES string of the molecule is Cc1cccc(C(CCS(=O)(=O)O)N2c3ccccc3Sc3ccccc32)n1. The van der Waals surface area contributed by atoms with Gasteiger partial charge in [-0.1, -0.05) is 42.1 Å². The molecule has 1 atom stereocenters. The quantitative estimate of drug-likeness (QED) is 0.594. The Kier molecular flexibility index (Phi) is 5.14. The Morgan fingerprint density at radius 3 is 2.14 bits per heavy atom. The third kappa shape index (κ3) is 3.92. The van der Waals surface area contributed by atoms with Gasteiger partial charge in [0.2, 0.25) is 0 Å². The normalized spacial score (nSPS) is 14.3. The van der Waals surface area contributed by atoms with Crippen molar-refractivity contribution in [3.05, 3.63) is 78.1 Å². The number of pyridine rings is 1. The summed E-state index contributed by atoms with van der Waals surface area (Å²) in [5.74, 6) is -0.332. The van der Waals surface area contributed by atoms with Crippen LogP contribution in [-0.2, 0) is 10.1 Å². The number of anilines is 2. The van der Waals surface area contributed by atoms with E-state index in [-0.39, 0.29) is 18.2 Å². The lowest BCUT2D eigenvalue weighted by Gasteiger charge is -2.38. The van der Waals surface area contributed by atoms with Crippen LogP contribution in [0.1, 0.15) is 23.9 Å². The molecular formula is C21H20N2O3S2. The molecule has 0 fully saturated rings. The number of aryl methyl sites for hydroxylation is 1. The minimum atomic E-state index is -4.09. The molecule has 0 bridgehead atoms. The van der Waals surface area contributed by atoms with Crippen LogP contribution in [0.4, 0.5) is 11.4 Å². The first kappa shape index (κ1) is 19.0. The van der Waals surface area contributed by atoms with E-state index < -0.39 is 10.1 Å². The zero-order chi connectivity index (χ0) is 19.7. The van der Waals surface area contributed by atoms with Crippen LogP contribution in [0.2, 0.25) is 0 Å². The first-order valence-electron chi connectivity index (χ1n) is 8.96. The second-order valence-electron chi connectivity index (χ2n) is 6.70. The van der Waals surface area contributed by atoms with Crippen molar-refractivity contribution >= 4 is 33.3 Å². The van der Waals surface area contributed by atoms with Crippen LogP contribution in [-0.4, -0.2) is 23.7 Å². The molecule has 5 nitrogen and oxygen atoms in total. The van der Waals surface area contributed by atoms with Gasteiger partial charge in [-0.25, -0.2) is 0 Å². The summed E-state index contributed by atoms with van der Waals surface area (Å²) >= 11 is 1.70. The van der Waals surface area contributed by atoms with E-state index in [1.807, 2.05) is 61.5 Å². The zero-order valence-corrected chi connectivity index (χ0v) is 17.0. The van der Waals surface area contributed by atoms with Crippen LogP contribution in [0, 0.1) is 6.92 Å². The van der Waals surface area contributed by atoms with Crippen LogP contribution in [0.3, 0.4) is 0 Å². The summed E-state index contributed by atoms with van der Waals surface area (Å²) in [6.45, 7) is 1.91. The maximum atomic E-state index is 11.5. The lowest BCUT2D eigenvalue weighted by Crippen LogP contribution is -2.29. The van der Waals surface area contributed by atoms with Gasteiger partial charge in [-0.15, -0.1) is 0 Å². The minimum absolute atomic E-state index is 0.225. The molecule has 7 heteroatoms. The smallest absolute Gasteiger partial charge is 0.264 e. The fraction of sp³-hybridized carbons (Fsp3) is 0.190. The molecule has 0 amide bonds. The molecule has 1 aliphatic rings. The van der Waals surface area contributed by atoms with Gasteiger partial charge in [-0.3, -0.25) is 9.54 Å². The maximum absolute atomic E-state index is 11.5. The van der Waals surface area contributed by atoms with Crippen LogP contribution in [0.5, 0.6) is 0 Å². The van der Waals surface area contributed by atoms with E-state index in [2.05, 4.69) is 22.0 Å². The van der Waals surface area contributed by atoms with Gasteiger partial charge in [0, 0.05) is 15.5 Å². The fourth-order valence-corrected chi connectivity index (χ4v) is 5.08. The second kappa shape index (κ2) is 7.58. The molecule has 28 heavy (non-hydrogen) atoms. The third-order valence-electron chi connectivity index (χ3n) is 4.68. The number of hydrogen-bond donors (Lipinski definition) is 1. The zero-order valence-electron chi connectivity index (χ0n) is 15.3. The van der Waals surface area contributed by atoms with E-state index in [0.717, 1.165) is 32.6 Å². The van der Waals surface area contributed by atoms with Crippen molar-refractivity contribution in [2.45, 2.75) is 29.2 Å². The predicted molar refractivity (Wildman–Crippen MR) is 112 cm³/mol. The van der Waals surface area contributed by atoms with E-state index in [1.54, 1.807) is 11.8 Å². The van der Waals surface area contributed by atoms with Crippen LogP contribution < -0.4 is 4.90 Å². The number of rotatable bonds is 5. The molecule has 0 saturated carbocycles. The van der Waals surface area contributed by atoms with Crippen LogP contribution in [0.25, 0.3) is 0 Å². The molecule has 144 valence electrons. The first-order valence-corrected chi connectivity index (χ1v) is 11.4. The Morgan fingerprint density at radius 1 is 0.964 bits per heavy atom. The van der Waals surface area contributed by atoms with Crippen molar-refractivity contribution in [3.8, 4) is 0 Å². The summed E-state index contributed by atoms with van der Waals surface area (Å²) in [6.07, 6.45) is 0.225. The van der Waals surface area contributed by atoms with E-state index in [1.165, 1.54) is 0 Å². The number of fused-ring (bicyclic) bond motifs is 2. The summed E-state index contributed by atoms with van der Waals surface area (Å²) in [4.78, 5) is 9.02. The molecule has 0 aliphatic carbocycles. The summed E-state index contributed by atoms with van der Waals surface area (Å²) in [5.41, 5.74) is 3.66. The lowest BCUT2D eigenvalue weighted by molar-refractivity contribution is 0.476. The average molecular weight is 413 g/mol. The Labute approximate surface area is 169 Å². The molecule has 1 aromatic heterocycles. The van der Waals surface area contributed by atoms with Crippen molar-refractivity contribution < 1.29 is 13.0 Å². The highest BCUT2D eigenvalue weighted by molar-refractivity contribution is 7.99. The summed E-state index contributed by atoms with van der Waals surface area (Å²) in [6, 6.07) is 21.6. The Hall–Kier alpha value is -2.35. The minimum Gasteiger partial charge on any atom is -0.330 e. The van der Waals surface area contributed by atoms with E-state index in [9.17, 15) is 13.0 Å². The number of aromatic nitrogens is 1. The topological polar surface area (TPSA) is 70.5 Å². The molecule has 2 heterocycles. The molecule has 4 rings (SSSR count). The van der Waals surface area contributed by atoms with Gasteiger partial charge >= 0.3 is 0 Å². The first-order chi connectivity index (χ1) is 13.4. The molecule has 0 saturated heterocycles. The molecule has 1 unspecified atom stereocenters. The van der Waals surface area contributed by atoms with Gasteiger partial charge < -0.3 is 4.90 Å². The monoisotopic (exact) mass is 412 g/mol. The van der Waals surface area contributed by atoms with Gasteiger partial charge in [0.25, 0.3) is 10.1 Å². The van der Waals surface area contributed by atoms with E-state index >= 15 is 0 Å². The molecule has 2 aromatic carbocycles. The molecule has 0 radical (unpaired) electrons. The molecule has 1 N–H and O–H groups in total. The lowest BCUT2D eigenvalue weighted by atomic mass is 10.0. The van der Waals surface area contributed by atoms with Crippen molar-refractivity contribution in [2.24, 2.45) is 0 Å². The standard InChI is InChI=1S/C21H20N2O3S2/c1-15-7-6-8-16(22-15)17(13-14-28(24,25)26)23-18-9-2-4-11-20(18)27-21-12-5-3-10-19(21)23/h2-12,17H,13-14H2,1H3,(H,24,25,26). The summed E-state index contributed by atoms with van der Waals surface area (Å²) in [7, 11) is -4.09. The Morgan fingerprint density at radius 2 is 1.57 bits per heavy atom. The van der Waals surface area contributed by atoms with Crippen molar-refractivity contribution in [3.63, 3.8) is 0 Å². The van der Waals surface area contributed by atoms with Crippen molar-refractivity contribution in [2.75, 3.05) is 10.7 Å². The summed E-state index contributed by atoms with van der Waals surface area (Å²) in [5, 5.41) is 0. The Bertz CT molecular complexity index is 1070. The molecule has 1 aliphatic heterocycles. The largest absolute Gasteiger partial charge is 0.330 e. The highest BCUT2D eigenvalue weighted by atomic mass is 32.2. The van der Waals surface area contributed by atoms with E-state index in [0.29, 0.717) is 0 Å². The number of para-hydroxylation sites is 2. The van der Waals surface area contributed by atoms with Gasteiger partial charge in [0.15, 0.2) is 0 Å². The van der Waals surface area contributed by atoms with Crippen molar-refractivity contribution in [1.29, 1.82) is 0 Å². The Balaban J connectivity index is 1.88. The molecule has 0 spiro atoms. The van der Waals surface area contributed by atoms with Crippen molar-refractivity contribution in [1.82, 2.24) is 4.98 Å². The average Bonchev–Trinajstić information content (AvgIpc) is 2.66. The van der Waals surface area contributed by atoms with Gasteiger partial charge in [-0.2, -0.15) is 8.42 Å². The molecular weight excluding hydrogens is 392 g/mol. The molecule has 3 aromatic rings. The highest BCUT2D eigenvalue weighted by Crippen LogP contribution is 2.51. The van der Waals surface area contributed by atoms with Gasteiger partial charge in [0.1, 0.15) is 0 Å². The maximum Gasteiger partial charge on any atom is 0.264 e. The van der Waals surface area contributed by atoms with Gasteiger partial charge in [-0.05, 0) is 49.7 Å². The summed E-state index contributed by atoms with van der Waals surface area (Å²) < 4.78 is 32.4. The second-order valence-corrected chi connectivity index (χ2v) is 9.36. The highest BCUT2D eigenvalue weighted by Gasteiger charge is 2.31. The number of benzene rings is 2. The van der Waals surface area contributed by atoms with Crippen LogP contribution >= 0.6 is 11.8 Å². The fourth-order valence-electron chi connectivity index (χ4n) is 3.49. The van der Waals surface area contributed by atoms with E-state index in [4.69, 9.17) is 0 Å². The number of nitrogens with zero attached hydrogens (tertiary/aromatic N) is 2. The van der Waals surface area contributed by atoms with Crippen LogP contribution in [0.15, 0.2) is 76.5 Å². The van der Waals surface area contributed by atoms with Gasteiger partial charge in [0.05, 0.1) is 28.9 Å². The predicted octanol–water partition coefficient (Wildman–Crippen LogP) is 5.01. The number of hydrogen-bond acceptors (Lipinski definition) is 5. The third-order valence-corrected chi connectivity index (χ3v) is 6.56.